The molecule has 1 aliphatic carbocycles. The number of nitrogens with zero attached hydrogens (tertiary/aromatic N) is 1. The van der Waals surface area contributed by atoms with E-state index in [-0.39, 0.29) is 17.8 Å². The number of amides is 1. The van der Waals surface area contributed by atoms with Gasteiger partial charge in [0.15, 0.2) is 5.84 Å². The van der Waals surface area contributed by atoms with Crippen LogP contribution < -0.4 is 11.1 Å². The molecule has 0 bridgehead atoms. The fourth-order valence-electron chi connectivity index (χ4n) is 2.98. The molecule has 1 rings (SSSR count). The smallest absolute Gasteiger partial charge is 0.234 e. The molecule has 0 spiro atoms. The highest BCUT2D eigenvalue weighted by Crippen LogP contribution is 2.29. The van der Waals surface area contributed by atoms with Crippen LogP contribution in [-0.2, 0) is 4.79 Å². The van der Waals surface area contributed by atoms with Gasteiger partial charge in [0.2, 0.25) is 5.91 Å². The summed E-state index contributed by atoms with van der Waals surface area (Å²) in [5, 5.41) is 15.1. The molecule has 0 aliphatic heterocycles. The molecule has 5 heteroatoms. The number of oxime groups is 1. The Morgan fingerprint density at radius 3 is 2.42 bits per heavy atom. The van der Waals surface area contributed by atoms with Crippen molar-refractivity contribution in [2.75, 3.05) is 0 Å². The van der Waals surface area contributed by atoms with Gasteiger partial charge in [0.25, 0.3) is 0 Å². The topological polar surface area (TPSA) is 87.7 Å². The van der Waals surface area contributed by atoms with Crippen molar-refractivity contribution < 1.29 is 10.0 Å². The van der Waals surface area contributed by atoms with Crippen LogP contribution in [0.4, 0.5) is 0 Å². The fourth-order valence-corrected chi connectivity index (χ4v) is 2.98. The van der Waals surface area contributed by atoms with E-state index in [1.165, 1.54) is 6.42 Å². The Bertz CT molecular complexity index is 338. The number of rotatable bonds is 5. The maximum atomic E-state index is 12.6. The van der Waals surface area contributed by atoms with E-state index in [9.17, 15) is 4.79 Å². The molecule has 19 heavy (non-hydrogen) atoms. The SMILES string of the molecule is CCC(CC)(C(=O)NC1CCCCC1C)C(N)=NO. The summed E-state index contributed by atoms with van der Waals surface area (Å²) in [6, 6.07) is 0.213. The Kier molecular flexibility index (Phi) is 5.63. The largest absolute Gasteiger partial charge is 0.409 e. The van der Waals surface area contributed by atoms with Crippen LogP contribution in [0.1, 0.15) is 59.3 Å². The highest BCUT2D eigenvalue weighted by atomic mass is 16.4. The number of carbonyl (C=O) groups is 1. The van der Waals surface area contributed by atoms with Gasteiger partial charge in [0.1, 0.15) is 5.41 Å². The molecular weight excluding hydrogens is 242 g/mol. The first-order valence-corrected chi connectivity index (χ1v) is 7.30. The van der Waals surface area contributed by atoms with Gasteiger partial charge in [-0.3, -0.25) is 4.79 Å². The van der Waals surface area contributed by atoms with E-state index >= 15 is 0 Å². The minimum Gasteiger partial charge on any atom is -0.409 e. The molecule has 5 nitrogen and oxygen atoms in total. The van der Waals surface area contributed by atoms with Crippen molar-refractivity contribution in [1.29, 1.82) is 0 Å². The molecule has 110 valence electrons. The molecule has 0 aromatic carbocycles. The highest BCUT2D eigenvalue weighted by molar-refractivity contribution is 6.06. The maximum absolute atomic E-state index is 12.6. The molecule has 0 aromatic heterocycles. The molecular formula is C14H27N3O2. The quantitative estimate of drug-likeness (QED) is 0.309. The molecule has 0 aromatic rings. The monoisotopic (exact) mass is 269 g/mol. The van der Waals surface area contributed by atoms with Gasteiger partial charge in [-0.2, -0.15) is 0 Å². The predicted octanol–water partition coefficient (Wildman–Crippen LogP) is 2.23. The van der Waals surface area contributed by atoms with Gasteiger partial charge in [-0.05, 0) is 31.6 Å². The zero-order valence-corrected chi connectivity index (χ0v) is 12.3. The Hall–Kier alpha value is -1.26. The van der Waals surface area contributed by atoms with E-state index in [4.69, 9.17) is 10.9 Å². The predicted molar refractivity (Wildman–Crippen MR) is 76.0 cm³/mol. The number of nitrogens with one attached hydrogen (secondary N) is 1. The lowest BCUT2D eigenvalue weighted by Crippen LogP contribution is -2.53. The number of carbonyl (C=O) groups excluding carboxylic acids is 1. The summed E-state index contributed by atoms with van der Waals surface area (Å²) in [7, 11) is 0. The average molecular weight is 269 g/mol. The van der Waals surface area contributed by atoms with Gasteiger partial charge in [0, 0.05) is 6.04 Å². The summed E-state index contributed by atoms with van der Waals surface area (Å²) in [6.07, 6.45) is 5.63. The second kappa shape index (κ2) is 6.78. The molecule has 1 saturated carbocycles. The number of hydrogen-bond acceptors (Lipinski definition) is 3. The standard InChI is InChI=1S/C14H27N3O2/c1-4-14(5-2,12(15)17-19)13(18)16-11-9-7-6-8-10(11)3/h10-11,19H,4-9H2,1-3H3,(H2,15,17)(H,16,18). The van der Waals surface area contributed by atoms with Crippen LogP contribution in [0.15, 0.2) is 5.16 Å². The Morgan fingerprint density at radius 2 is 1.95 bits per heavy atom. The third-order valence-electron chi connectivity index (χ3n) is 4.67. The summed E-state index contributed by atoms with van der Waals surface area (Å²) in [6.45, 7) is 5.96. The number of hydrogen-bond donors (Lipinski definition) is 3. The van der Waals surface area contributed by atoms with Crippen LogP contribution in [0.5, 0.6) is 0 Å². The first kappa shape index (κ1) is 15.8. The van der Waals surface area contributed by atoms with Crippen LogP contribution in [0.25, 0.3) is 0 Å². The molecule has 4 N–H and O–H groups in total. The Balaban J connectivity index is 2.83. The molecule has 0 radical (unpaired) electrons. The van der Waals surface area contributed by atoms with E-state index < -0.39 is 5.41 Å². The van der Waals surface area contributed by atoms with Crippen LogP contribution >= 0.6 is 0 Å². The summed E-state index contributed by atoms with van der Waals surface area (Å²) in [5.41, 5.74) is 4.87. The maximum Gasteiger partial charge on any atom is 0.234 e. The molecule has 2 unspecified atom stereocenters. The van der Waals surface area contributed by atoms with E-state index in [1.807, 2.05) is 13.8 Å². The lowest BCUT2D eigenvalue weighted by molar-refractivity contribution is -0.129. The number of amidine groups is 1. The molecule has 1 aliphatic rings. The van der Waals surface area contributed by atoms with E-state index in [0.717, 1.165) is 19.3 Å². The fraction of sp³-hybridized carbons (Fsp3) is 0.857. The third-order valence-corrected chi connectivity index (χ3v) is 4.67. The van der Waals surface area contributed by atoms with E-state index in [1.54, 1.807) is 0 Å². The van der Waals surface area contributed by atoms with Crippen molar-refractivity contribution in [3.8, 4) is 0 Å². The molecule has 0 heterocycles. The van der Waals surface area contributed by atoms with Crippen LogP contribution in [0, 0.1) is 11.3 Å². The third kappa shape index (κ3) is 3.19. The summed E-state index contributed by atoms with van der Waals surface area (Å²) in [5.74, 6) is 0.404. The first-order valence-electron chi connectivity index (χ1n) is 7.30. The molecule has 0 saturated heterocycles. The minimum absolute atomic E-state index is 0.0125. The first-order chi connectivity index (χ1) is 9.01. The van der Waals surface area contributed by atoms with Gasteiger partial charge >= 0.3 is 0 Å². The van der Waals surface area contributed by atoms with Crippen molar-refractivity contribution in [2.24, 2.45) is 22.2 Å². The van der Waals surface area contributed by atoms with Gasteiger partial charge in [-0.15, -0.1) is 0 Å². The Labute approximate surface area is 115 Å². The van der Waals surface area contributed by atoms with E-state index in [2.05, 4.69) is 17.4 Å². The average Bonchev–Trinajstić information content (AvgIpc) is 2.43. The van der Waals surface area contributed by atoms with E-state index in [0.29, 0.717) is 18.8 Å². The van der Waals surface area contributed by atoms with Gasteiger partial charge in [-0.1, -0.05) is 38.8 Å². The Morgan fingerprint density at radius 1 is 1.37 bits per heavy atom. The van der Waals surface area contributed by atoms with Crippen molar-refractivity contribution in [3.05, 3.63) is 0 Å². The van der Waals surface area contributed by atoms with Crippen molar-refractivity contribution in [1.82, 2.24) is 5.32 Å². The minimum atomic E-state index is -0.883. The summed E-state index contributed by atoms with van der Waals surface area (Å²) in [4.78, 5) is 12.6. The second-order valence-corrected chi connectivity index (χ2v) is 5.62. The molecule has 2 atom stereocenters. The van der Waals surface area contributed by atoms with Crippen LogP contribution in [0.3, 0.4) is 0 Å². The highest BCUT2D eigenvalue weighted by Gasteiger charge is 2.41. The van der Waals surface area contributed by atoms with Crippen molar-refractivity contribution in [2.45, 2.75) is 65.3 Å². The van der Waals surface area contributed by atoms with Crippen molar-refractivity contribution >= 4 is 11.7 Å². The lowest BCUT2D eigenvalue weighted by atomic mass is 9.78. The molecule has 1 fully saturated rings. The molecule has 1 amide bonds. The van der Waals surface area contributed by atoms with Gasteiger partial charge in [0.05, 0.1) is 0 Å². The summed E-state index contributed by atoms with van der Waals surface area (Å²) >= 11 is 0. The number of nitrogens with two attached hydrogens (primary N) is 1. The van der Waals surface area contributed by atoms with Crippen molar-refractivity contribution in [3.63, 3.8) is 0 Å². The summed E-state index contributed by atoms with van der Waals surface area (Å²) < 4.78 is 0. The van der Waals surface area contributed by atoms with Gasteiger partial charge in [-0.25, -0.2) is 0 Å². The van der Waals surface area contributed by atoms with Gasteiger partial charge < -0.3 is 16.3 Å². The zero-order chi connectivity index (χ0) is 14.5. The normalized spacial score (nSPS) is 25.1. The van der Waals surface area contributed by atoms with Crippen LogP contribution in [-0.4, -0.2) is 23.0 Å². The second-order valence-electron chi connectivity index (χ2n) is 5.62. The van der Waals surface area contributed by atoms with Crippen LogP contribution in [0.2, 0.25) is 0 Å². The lowest BCUT2D eigenvalue weighted by Gasteiger charge is -2.35. The zero-order valence-electron chi connectivity index (χ0n) is 12.3.